The molecule has 1 aromatic rings. The lowest BCUT2D eigenvalue weighted by atomic mass is 9.83. The van der Waals surface area contributed by atoms with E-state index in [9.17, 15) is 8.42 Å². The second kappa shape index (κ2) is 6.04. The molecule has 0 aromatic carbocycles. The second-order valence-corrected chi connectivity index (χ2v) is 6.98. The van der Waals surface area contributed by atoms with Crippen LogP contribution >= 0.6 is 0 Å². The van der Waals surface area contributed by atoms with Crippen molar-refractivity contribution in [1.29, 1.82) is 0 Å². The Kier molecular flexibility index (Phi) is 4.59. The summed E-state index contributed by atoms with van der Waals surface area (Å²) in [5, 5.41) is 0. The number of hydrogen-bond donors (Lipinski definition) is 3. The molecule has 1 aromatic heterocycles. The first-order valence-corrected chi connectivity index (χ1v) is 7.94. The molecule has 0 aliphatic carbocycles. The first-order valence-electron chi connectivity index (χ1n) is 6.46. The number of pyridine rings is 1. The van der Waals surface area contributed by atoms with E-state index in [2.05, 4.69) is 22.1 Å². The van der Waals surface area contributed by atoms with Gasteiger partial charge in [-0.05, 0) is 30.4 Å². The lowest BCUT2D eigenvalue weighted by Crippen LogP contribution is -2.39. The fraction of sp³-hybridized carbons (Fsp3) is 0.583. The maximum atomic E-state index is 12.3. The number of nitrogen functional groups attached to an aromatic ring is 1. The van der Waals surface area contributed by atoms with Crippen molar-refractivity contribution in [3.8, 4) is 0 Å². The van der Waals surface area contributed by atoms with Crippen molar-refractivity contribution >= 4 is 15.8 Å². The minimum Gasteiger partial charge on any atom is -0.381 e. The number of anilines is 1. The van der Waals surface area contributed by atoms with Crippen molar-refractivity contribution in [2.75, 3.05) is 25.2 Å². The maximum Gasteiger partial charge on any atom is 0.244 e. The van der Waals surface area contributed by atoms with E-state index in [1.807, 2.05) is 0 Å². The Morgan fingerprint density at radius 2 is 2.15 bits per heavy atom. The highest BCUT2D eigenvalue weighted by atomic mass is 32.2. The van der Waals surface area contributed by atoms with E-state index in [0.717, 1.165) is 12.8 Å². The van der Waals surface area contributed by atoms with Crippen molar-refractivity contribution in [3.63, 3.8) is 0 Å². The van der Waals surface area contributed by atoms with Gasteiger partial charge in [0.2, 0.25) is 10.0 Å². The number of ether oxygens (including phenoxy) is 1. The zero-order valence-corrected chi connectivity index (χ0v) is 12.2. The van der Waals surface area contributed by atoms with Crippen LogP contribution in [0.4, 0.5) is 5.82 Å². The van der Waals surface area contributed by atoms with Crippen molar-refractivity contribution in [2.24, 2.45) is 11.3 Å². The number of nitrogens with zero attached hydrogens (tertiary/aromatic N) is 1. The van der Waals surface area contributed by atoms with Crippen molar-refractivity contribution < 1.29 is 13.2 Å². The molecule has 0 bridgehead atoms. The van der Waals surface area contributed by atoms with Crippen LogP contribution in [0.5, 0.6) is 0 Å². The highest BCUT2D eigenvalue weighted by Crippen LogP contribution is 2.29. The minimum absolute atomic E-state index is 0.0539. The minimum atomic E-state index is -3.64. The van der Waals surface area contributed by atoms with Gasteiger partial charge in [0.15, 0.2) is 5.82 Å². The third-order valence-corrected chi connectivity index (χ3v) is 5.02. The second-order valence-electron chi connectivity index (χ2n) is 5.24. The number of sulfonamides is 1. The van der Waals surface area contributed by atoms with Crippen LogP contribution in [-0.2, 0) is 14.8 Å². The molecule has 7 nitrogen and oxygen atoms in total. The third-order valence-electron chi connectivity index (χ3n) is 3.59. The van der Waals surface area contributed by atoms with E-state index in [1.54, 1.807) is 6.07 Å². The number of nitrogens with one attached hydrogen (secondary N) is 2. The van der Waals surface area contributed by atoms with Crippen molar-refractivity contribution in [3.05, 3.63) is 18.3 Å². The molecule has 0 amide bonds. The highest BCUT2D eigenvalue weighted by molar-refractivity contribution is 7.89. The first-order chi connectivity index (χ1) is 9.47. The van der Waals surface area contributed by atoms with Gasteiger partial charge in [-0.3, -0.25) is 0 Å². The van der Waals surface area contributed by atoms with Gasteiger partial charge in [-0.25, -0.2) is 24.0 Å². The zero-order valence-electron chi connectivity index (χ0n) is 11.4. The van der Waals surface area contributed by atoms with Gasteiger partial charge >= 0.3 is 0 Å². The van der Waals surface area contributed by atoms with Crippen LogP contribution in [0.25, 0.3) is 0 Å². The molecule has 0 spiro atoms. The van der Waals surface area contributed by atoms with E-state index < -0.39 is 10.0 Å². The molecule has 0 unspecified atom stereocenters. The van der Waals surface area contributed by atoms with Gasteiger partial charge in [0.1, 0.15) is 4.90 Å². The monoisotopic (exact) mass is 300 g/mol. The van der Waals surface area contributed by atoms with E-state index in [-0.39, 0.29) is 16.1 Å². The quantitative estimate of drug-likeness (QED) is 0.539. The third kappa shape index (κ3) is 3.45. The number of nitrogens with two attached hydrogens (primary N) is 1. The molecule has 1 aliphatic heterocycles. The highest BCUT2D eigenvalue weighted by Gasteiger charge is 2.30. The largest absolute Gasteiger partial charge is 0.381 e. The average molecular weight is 300 g/mol. The summed E-state index contributed by atoms with van der Waals surface area (Å²) < 4.78 is 32.6. The van der Waals surface area contributed by atoms with Gasteiger partial charge in [-0.1, -0.05) is 6.92 Å². The van der Waals surface area contributed by atoms with Crippen LogP contribution in [0.15, 0.2) is 23.2 Å². The Bertz CT molecular complexity index is 556. The Morgan fingerprint density at radius 3 is 2.80 bits per heavy atom. The van der Waals surface area contributed by atoms with Gasteiger partial charge in [-0.2, -0.15) is 0 Å². The molecule has 1 fully saturated rings. The normalized spacial score (nSPS) is 18.7. The summed E-state index contributed by atoms with van der Waals surface area (Å²) in [6.07, 6.45) is 3.16. The smallest absolute Gasteiger partial charge is 0.244 e. The predicted octanol–water partition coefficient (Wildman–Crippen LogP) is 0.462. The zero-order chi connectivity index (χ0) is 14.6. The van der Waals surface area contributed by atoms with Gasteiger partial charge in [0.05, 0.1) is 0 Å². The summed E-state index contributed by atoms with van der Waals surface area (Å²) in [5.41, 5.74) is 2.22. The summed E-state index contributed by atoms with van der Waals surface area (Å²) in [4.78, 5) is 3.95. The Balaban J connectivity index is 2.11. The van der Waals surface area contributed by atoms with E-state index in [4.69, 9.17) is 10.6 Å². The van der Waals surface area contributed by atoms with Gasteiger partial charge in [0, 0.05) is 26.0 Å². The summed E-state index contributed by atoms with van der Waals surface area (Å²) in [6, 6.07) is 3.03. The Labute approximate surface area is 118 Å². The molecule has 0 radical (unpaired) electrons. The Hall–Kier alpha value is -1.22. The lowest BCUT2D eigenvalue weighted by Gasteiger charge is -2.33. The molecule has 20 heavy (non-hydrogen) atoms. The molecule has 0 atom stereocenters. The number of rotatable bonds is 5. The van der Waals surface area contributed by atoms with E-state index >= 15 is 0 Å². The summed E-state index contributed by atoms with van der Waals surface area (Å²) in [6.45, 7) is 3.77. The topological polar surface area (TPSA) is 106 Å². The van der Waals surface area contributed by atoms with Crippen LogP contribution in [0.1, 0.15) is 19.8 Å². The maximum absolute atomic E-state index is 12.3. The van der Waals surface area contributed by atoms with Crippen molar-refractivity contribution in [1.82, 2.24) is 9.71 Å². The molecule has 2 rings (SSSR count). The lowest BCUT2D eigenvalue weighted by molar-refractivity contribution is 0.0265. The van der Waals surface area contributed by atoms with Crippen molar-refractivity contribution in [2.45, 2.75) is 24.7 Å². The van der Waals surface area contributed by atoms with Crippen LogP contribution in [0, 0.1) is 5.41 Å². The number of hydrazine groups is 1. The van der Waals surface area contributed by atoms with Crippen LogP contribution in [0.2, 0.25) is 0 Å². The van der Waals surface area contributed by atoms with Gasteiger partial charge < -0.3 is 10.2 Å². The molecule has 1 aliphatic rings. The first kappa shape index (κ1) is 15.2. The number of hydrogen-bond acceptors (Lipinski definition) is 6. The van der Waals surface area contributed by atoms with E-state index in [1.165, 1.54) is 12.3 Å². The fourth-order valence-corrected chi connectivity index (χ4v) is 3.42. The Morgan fingerprint density at radius 1 is 1.45 bits per heavy atom. The molecule has 2 heterocycles. The van der Waals surface area contributed by atoms with E-state index in [0.29, 0.717) is 19.8 Å². The standard InChI is InChI=1S/C12H20N4O3S/c1-12(4-7-19-8-5-12)9-15-20(17,18)10-3-2-6-14-11(10)16-13/h2-3,6,15H,4-5,7-9,13H2,1H3,(H,14,16). The predicted molar refractivity (Wildman–Crippen MR) is 75.4 cm³/mol. The van der Waals surface area contributed by atoms with Gasteiger partial charge in [0.25, 0.3) is 0 Å². The average Bonchev–Trinajstić information content (AvgIpc) is 2.46. The fourth-order valence-electron chi connectivity index (χ4n) is 2.10. The van der Waals surface area contributed by atoms with Crippen LogP contribution in [0.3, 0.4) is 0 Å². The molecule has 0 saturated carbocycles. The SMILES string of the molecule is CC1(CNS(=O)(=O)c2cccnc2NN)CCOCC1. The summed E-state index contributed by atoms with van der Waals surface area (Å²) >= 11 is 0. The molecule has 112 valence electrons. The molecule has 4 N–H and O–H groups in total. The van der Waals surface area contributed by atoms with Crippen LogP contribution < -0.4 is 16.0 Å². The van der Waals surface area contributed by atoms with Crippen LogP contribution in [-0.4, -0.2) is 33.2 Å². The summed E-state index contributed by atoms with van der Waals surface area (Å²) in [5.74, 6) is 5.43. The molecule has 1 saturated heterocycles. The van der Waals surface area contributed by atoms with Gasteiger partial charge in [-0.15, -0.1) is 0 Å². The summed E-state index contributed by atoms with van der Waals surface area (Å²) in [7, 11) is -3.64. The molecule has 8 heteroatoms. The molecular formula is C12H20N4O3S. The number of aromatic nitrogens is 1. The molecular weight excluding hydrogens is 280 g/mol.